The minimum Gasteiger partial charge on any atom is -0.329 e. The van der Waals surface area contributed by atoms with Crippen LogP contribution in [0.15, 0.2) is 12.1 Å². The first-order valence-corrected chi connectivity index (χ1v) is 8.01. The van der Waals surface area contributed by atoms with E-state index in [1.165, 1.54) is 0 Å². The molecule has 1 aromatic carbocycles. The number of amides is 1. The number of carbonyl (C=O) groups is 2. The summed E-state index contributed by atoms with van der Waals surface area (Å²) in [4.78, 5) is 26.2. The molecule has 130 valence electrons. The van der Waals surface area contributed by atoms with Crippen LogP contribution in [0.5, 0.6) is 0 Å². The van der Waals surface area contributed by atoms with E-state index in [1.807, 2.05) is 0 Å². The lowest BCUT2D eigenvalue weighted by Gasteiger charge is -2.51. The van der Waals surface area contributed by atoms with E-state index in [2.05, 4.69) is 0 Å². The second kappa shape index (κ2) is 5.88. The molecule has 0 aromatic heterocycles. The van der Waals surface area contributed by atoms with Crippen molar-refractivity contribution in [2.45, 2.75) is 44.2 Å². The van der Waals surface area contributed by atoms with Gasteiger partial charge in [-0.3, -0.25) is 9.59 Å². The molecule has 24 heavy (non-hydrogen) atoms. The van der Waals surface area contributed by atoms with Crippen molar-refractivity contribution in [2.75, 3.05) is 6.54 Å². The molecular weight excluding hydrogens is 321 g/mol. The van der Waals surface area contributed by atoms with Crippen LogP contribution in [-0.4, -0.2) is 34.7 Å². The zero-order valence-electron chi connectivity index (χ0n) is 13.3. The van der Waals surface area contributed by atoms with Crippen LogP contribution in [0, 0.1) is 23.4 Å². The van der Waals surface area contributed by atoms with Gasteiger partial charge in [-0.2, -0.15) is 0 Å². The van der Waals surface area contributed by atoms with Crippen molar-refractivity contribution in [2.24, 2.45) is 11.7 Å². The summed E-state index contributed by atoms with van der Waals surface area (Å²) in [5.41, 5.74) is 5.09. The Kier molecular flexibility index (Phi) is 4.15. The fraction of sp³-hybridized carbons (Fsp3) is 0.529. The lowest BCUT2D eigenvalue weighted by atomic mass is 9.70. The maximum absolute atomic E-state index is 13.7. The monoisotopic (exact) mass is 340 g/mol. The second-order valence-electron chi connectivity index (χ2n) is 6.69. The first-order chi connectivity index (χ1) is 11.3. The van der Waals surface area contributed by atoms with Gasteiger partial charge in [-0.05, 0) is 30.9 Å². The van der Waals surface area contributed by atoms with Gasteiger partial charge in [-0.15, -0.1) is 0 Å². The SMILES string of the molecule is CC1C(=O)N2CCCC12C(=O)C[C@H](N)Cc1cc(F)c(F)cc1F. The van der Waals surface area contributed by atoms with Crippen molar-refractivity contribution in [3.05, 3.63) is 35.1 Å². The minimum atomic E-state index is -1.26. The Bertz CT molecular complexity index is 709. The van der Waals surface area contributed by atoms with Crippen LogP contribution in [-0.2, 0) is 16.0 Å². The molecule has 0 saturated carbocycles. The number of ketones is 1. The van der Waals surface area contributed by atoms with Crippen LogP contribution in [0.25, 0.3) is 0 Å². The molecule has 2 fully saturated rings. The van der Waals surface area contributed by atoms with Crippen LogP contribution in [0.1, 0.15) is 31.7 Å². The molecule has 0 bridgehead atoms. The second-order valence-corrected chi connectivity index (χ2v) is 6.69. The van der Waals surface area contributed by atoms with E-state index in [0.717, 1.165) is 12.5 Å². The number of fused-ring (bicyclic) bond motifs is 1. The Morgan fingerprint density at radius 1 is 1.33 bits per heavy atom. The minimum absolute atomic E-state index is 0.0268. The Hall–Kier alpha value is -1.89. The molecule has 3 rings (SSSR count). The van der Waals surface area contributed by atoms with E-state index >= 15 is 0 Å². The number of hydrogen-bond donors (Lipinski definition) is 1. The normalized spacial score (nSPS) is 27.0. The van der Waals surface area contributed by atoms with Gasteiger partial charge >= 0.3 is 0 Å². The molecule has 1 aromatic rings. The van der Waals surface area contributed by atoms with Crippen LogP contribution in [0.3, 0.4) is 0 Å². The first-order valence-electron chi connectivity index (χ1n) is 8.01. The number of benzene rings is 1. The maximum atomic E-state index is 13.7. The average Bonchev–Trinajstić information content (AvgIpc) is 2.93. The van der Waals surface area contributed by atoms with Gasteiger partial charge in [-0.1, -0.05) is 6.92 Å². The molecule has 2 saturated heterocycles. The van der Waals surface area contributed by atoms with E-state index in [4.69, 9.17) is 5.73 Å². The molecule has 2 aliphatic rings. The summed E-state index contributed by atoms with van der Waals surface area (Å²) < 4.78 is 39.9. The number of nitrogens with zero attached hydrogens (tertiary/aromatic N) is 1. The van der Waals surface area contributed by atoms with Crippen molar-refractivity contribution in [1.82, 2.24) is 4.90 Å². The lowest BCUT2D eigenvalue weighted by Crippen LogP contribution is -2.71. The predicted octanol–water partition coefficient (Wildman–Crippen LogP) is 1.94. The molecule has 7 heteroatoms. The molecule has 2 heterocycles. The van der Waals surface area contributed by atoms with Gasteiger partial charge < -0.3 is 10.6 Å². The Labute approximate surface area is 137 Å². The summed E-state index contributed by atoms with van der Waals surface area (Å²) in [7, 11) is 0. The third-order valence-corrected chi connectivity index (χ3v) is 5.28. The predicted molar refractivity (Wildman–Crippen MR) is 80.5 cm³/mol. The molecule has 2 unspecified atom stereocenters. The molecule has 2 N–H and O–H groups in total. The Morgan fingerprint density at radius 3 is 2.71 bits per heavy atom. The highest BCUT2D eigenvalue weighted by Gasteiger charge is 2.63. The van der Waals surface area contributed by atoms with Crippen molar-refractivity contribution >= 4 is 11.7 Å². The molecule has 3 atom stereocenters. The smallest absolute Gasteiger partial charge is 0.229 e. The topological polar surface area (TPSA) is 63.4 Å². The van der Waals surface area contributed by atoms with Crippen LogP contribution < -0.4 is 5.73 Å². The number of rotatable bonds is 5. The van der Waals surface area contributed by atoms with Crippen molar-refractivity contribution in [3.8, 4) is 0 Å². The third kappa shape index (κ3) is 2.42. The fourth-order valence-electron chi connectivity index (χ4n) is 3.99. The zero-order chi connectivity index (χ0) is 17.6. The molecule has 0 spiro atoms. The lowest BCUT2D eigenvalue weighted by molar-refractivity contribution is -0.170. The first kappa shape index (κ1) is 17.0. The maximum Gasteiger partial charge on any atom is 0.229 e. The van der Waals surface area contributed by atoms with Crippen LogP contribution >= 0.6 is 0 Å². The van der Waals surface area contributed by atoms with Crippen LogP contribution in [0.2, 0.25) is 0 Å². The molecule has 0 radical (unpaired) electrons. The third-order valence-electron chi connectivity index (χ3n) is 5.28. The van der Waals surface area contributed by atoms with Gasteiger partial charge in [0.05, 0.1) is 5.92 Å². The Balaban J connectivity index is 1.69. The zero-order valence-corrected chi connectivity index (χ0v) is 13.3. The quantitative estimate of drug-likeness (QED) is 0.658. The standard InChI is InChI=1S/C17H19F3N2O2/c1-9-16(24)22-4-2-3-17(9,22)15(23)7-11(21)5-10-6-13(19)14(20)8-12(10)18/h6,8-9,11H,2-5,7,21H2,1H3/t9?,11-,17?/m1/s1. The fourth-order valence-corrected chi connectivity index (χ4v) is 3.99. The van der Waals surface area contributed by atoms with Gasteiger partial charge in [0.2, 0.25) is 5.91 Å². The average molecular weight is 340 g/mol. The molecular formula is C17H19F3N2O2. The van der Waals surface area contributed by atoms with Gasteiger partial charge in [-0.25, -0.2) is 13.2 Å². The van der Waals surface area contributed by atoms with Gasteiger partial charge in [0, 0.05) is 25.1 Å². The highest BCUT2D eigenvalue weighted by molar-refractivity contribution is 6.04. The van der Waals surface area contributed by atoms with E-state index in [0.29, 0.717) is 19.0 Å². The van der Waals surface area contributed by atoms with E-state index in [1.54, 1.807) is 11.8 Å². The van der Waals surface area contributed by atoms with E-state index in [-0.39, 0.29) is 36.0 Å². The summed E-state index contributed by atoms with van der Waals surface area (Å²) in [5.74, 6) is -3.82. The molecule has 2 aliphatic heterocycles. The molecule has 0 aliphatic carbocycles. The van der Waals surface area contributed by atoms with Gasteiger partial charge in [0.15, 0.2) is 17.4 Å². The molecule has 1 amide bonds. The van der Waals surface area contributed by atoms with Crippen molar-refractivity contribution in [1.29, 1.82) is 0 Å². The summed E-state index contributed by atoms with van der Waals surface area (Å²) >= 11 is 0. The van der Waals surface area contributed by atoms with Gasteiger partial charge in [0.1, 0.15) is 11.4 Å². The van der Waals surface area contributed by atoms with Crippen molar-refractivity contribution < 1.29 is 22.8 Å². The van der Waals surface area contributed by atoms with E-state index < -0.39 is 29.0 Å². The summed E-state index contributed by atoms with van der Waals surface area (Å²) in [5, 5.41) is 0. The van der Waals surface area contributed by atoms with Gasteiger partial charge in [0.25, 0.3) is 0 Å². The summed E-state index contributed by atoms with van der Waals surface area (Å²) in [6.45, 7) is 2.31. The van der Waals surface area contributed by atoms with E-state index in [9.17, 15) is 22.8 Å². The number of hydrogen-bond acceptors (Lipinski definition) is 3. The summed E-state index contributed by atoms with van der Waals surface area (Å²) in [6, 6.07) is 0.519. The highest BCUT2D eigenvalue weighted by Crippen LogP contribution is 2.47. The number of carbonyl (C=O) groups excluding carboxylic acids is 2. The molecule has 4 nitrogen and oxygen atoms in total. The Morgan fingerprint density at radius 2 is 2.00 bits per heavy atom. The number of Topliss-reactive ketones (excluding diaryl/α,β-unsaturated/α-hetero) is 1. The summed E-state index contributed by atoms with van der Waals surface area (Å²) in [6.07, 6.45) is 1.28. The number of halogens is 3. The van der Waals surface area contributed by atoms with Crippen LogP contribution in [0.4, 0.5) is 13.2 Å². The van der Waals surface area contributed by atoms with Crippen molar-refractivity contribution in [3.63, 3.8) is 0 Å². The largest absolute Gasteiger partial charge is 0.329 e. The number of nitrogens with two attached hydrogens (primary N) is 1. The highest BCUT2D eigenvalue weighted by atomic mass is 19.2. The number of β-lactam (4-membered cyclic amide) rings is 1.